The van der Waals surface area contributed by atoms with Gasteiger partial charge in [-0.05, 0) is 80.8 Å². The van der Waals surface area contributed by atoms with Gasteiger partial charge in [0.25, 0.3) is 0 Å². The summed E-state index contributed by atoms with van der Waals surface area (Å²) in [5.74, 6) is 3.39. The Morgan fingerprint density at radius 2 is 1.71 bits per heavy atom. The fourth-order valence-corrected chi connectivity index (χ4v) is 7.69. The van der Waals surface area contributed by atoms with Crippen LogP contribution >= 0.6 is 0 Å². The van der Waals surface area contributed by atoms with Gasteiger partial charge in [-0.25, -0.2) is 0 Å². The number of hydrogen-bond acceptors (Lipinski definition) is 5. The molecular weight excluding hydrogens is 434 g/mol. The van der Waals surface area contributed by atoms with E-state index in [0.29, 0.717) is 11.3 Å². The number of fused-ring (bicyclic) bond motifs is 1. The lowest BCUT2D eigenvalue weighted by molar-refractivity contribution is -0.0635. The summed E-state index contributed by atoms with van der Waals surface area (Å²) in [6.07, 6.45) is 12.9. The summed E-state index contributed by atoms with van der Waals surface area (Å²) in [5.41, 5.74) is 6.50. The van der Waals surface area contributed by atoms with Crippen LogP contribution in [0.1, 0.15) is 44.2 Å². The van der Waals surface area contributed by atoms with E-state index in [4.69, 9.17) is 14.8 Å². The molecule has 1 aromatic carbocycles. The second kappa shape index (κ2) is 7.87. The Bertz CT molecular complexity index is 1390. The molecule has 4 aliphatic rings. The van der Waals surface area contributed by atoms with Gasteiger partial charge in [0.05, 0.1) is 24.5 Å². The van der Waals surface area contributed by atoms with Crippen LogP contribution in [0.25, 0.3) is 33.3 Å². The summed E-state index contributed by atoms with van der Waals surface area (Å²) >= 11 is 0. The Hall–Kier alpha value is -3.28. The van der Waals surface area contributed by atoms with Gasteiger partial charge < -0.3 is 4.74 Å². The summed E-state index contributed by atoms with van der Waals surface area (Å²) in [4.78, 5) is 4.94. The average molecular weight is 466 g/mol. The lowest BCUT2D eigenvalue weighted by Crippen LogP contribution is -2.47. The maximum Gasteiger partial charge on any atom is 0.233 e. The smallest absolute Gasteiger partial charge is 0.233 e. The monoisotopic (exact) mass is 465 g/mol. The van der Waals surface area contributed by atoms with E-state index in [2.05, 4.69) is 51.4 Å². The van der Waals surface area contributed by atoms with Crippen LogP contribution in [0.2, 0.25) is 0 Å². The number of pyridine rings is 1. The van der Waals surface area contributed by atoms with E-state index < -0.39 is 0 Å². The molecule has 4 bridgehead atoms. The highest BCUT2D eigenvalue weighted by Crippen LogP contribution is 2.60. The number of hydrogen-bond donors (Lipinski definition) is 0. The Balaban J connectivity index is 1.22. The van der Waals surface area contributed by atoms with Crippen LogP contribution in [0.15, 0.2) is 48.8 Å². The Kier molecular flexibility index (Phi) is 4.73. The highest BCUT2D eigenvalue weighted by atomic mass is 16.5. The SMILES string of the molecule is COc1cc2ccc(-c3nc(C)ccc3-c3cnn(CC45CC6CC(CC(C6)C4)C5)c3)cc2nn1. The fourth-order valence-electron chi connectivity index (χ4n) is 7.69. The molecule has 6 heteroatoms. The zero-order chi connectivity index (χ0) is 23.6. The molecule has 4 aromatic rings. The lowest BCUT2D eigenvalue weighted by atomic mass is 9.49. The van der Waals surface area contributed by atoms with E-state index in [9.17, 15) is 0 Å². The van der Waals surface area contributed by atoms with E-state index in [1.807, 2.05) is 19.2 Å². The normalized spacial score (nSPS) is 27.0. The van der Waals surface area contributed by atoms with Crippen molar-refractivity contribution in [2.24, 2.45) is 23.2 Å². The van der Waals surface area contributed by atoms with Crippen LogP contribution in [0.3, 0.4) is 0 Å². The predicted molar refractivity (Wildman–Crippen MR) is 136 cm³/mol. The summed E-state index contributed by atoms with van der Waals surface area (Å²) in [6, 6.07) is 12.4. The molecule has 35 heavy (non-hydrogen) atoms. The van der Waals surface area contributed by atoms with Gasteiger partial charge >= 0.3 is 0 Å². The zero-order valence-corrected chi connectivity index (χ0v) is 20.4. The van der Waals surface area contributed by atoms with E-state index in [1.165, 1.54) is 38.5 Å². The van der Waals surface area contributed by atoms with Crippen LogP contribution in [0, 0.1) is 30.1 Å². The predicted octanol–water partition coefficient (Wildman–Crippen LogP) is 6.09. The molecule has 0 aliphatic heterocycles. The van der Waals surface area contributed by atoms with E-state index in [0.717, 1.165) is 63.3 Å². The van der Waals surface area contributed by atoms with Gasteiger partial charge in [0.2, 0.25) is 5.88 Å². The Labute approximate surface area is 205 Å². The van der Waals surface area contributed by atoms with E-state index in [1.54, 1.807) is 7.11 Å². The van der Waals surface area contributed by atoms with Gasteiger partial charge in [0.15, 0.2) is 0 Å². The van der Waals surface area contributed by atoms with Crippen LogP contribution in [0.4, 0.5) is 0 Å². The minimum absolute atomic E-state index is 0.463. The number of ether oxygens (including phenoxy) is 1. The molecule has 4 aliphatic carbocycles. The van der Waals surface area contributed by atoms with Crippen molar-refractivity contribution in [2.75, 3.05) is 7.11 Å². The van der Waals surface area contributed by atoms with E-state index >= 15 is 0 Å². The van der Waals surface area contributed by atoms with Crippen molar-refractivity contribution in [2.45, 2.75) is 52.0 Å². The first-order valence-corrected chi connectivity index (χ1v) is 12.9. The molecule has 0 N–H and O–H groups in total. The van der Waals surface area contributed by atoms with Gasteiger partial charge in [-0.2, -0.15) is 5.10 Å². The van der Waals surface area contributed by atoms with Crippen LogP contribution in [-0.2, 0) is 6.54 Å². The third-order valence-electron chi connectivity index (χ3n) is 8.69. The first kappa shape index (κ1) is 21.0. The van der Waals surface area contributed by atoms with Crippen molar-refractivity contribution in [3.63, 3.8) is 0 Å². The molecule has 0 unspecified atom stereocenters. The van der Waals surface area contributed by atoms with E-state index in [-0.39, 0.29) is 0 Å². The molecule has 0 atom stereocenters. The minimum atomic E-state index is 0.463. The summed E-state index contributed by atoms with van der Waals surface area (Å²) in [5, 5.41) is 14.3. The molecule has 178 valence electrons. The molecule has 0 saturated heterocycles. The fraction of sp³-hybridized carbons (Fsp3) is 0.448. The molecule has 3 heterocycles. The molecule has 6 nitrogen and oxygen atoms in total. The first-order chi connectivity index (χ1) is 17.1. The minimum Gasteiger partial charge on any atom is -0.480 e. The highest BCUT2D eigenvalue weighted by Gasteiger charge is 2.51. The lowest BCUT2D eigenvalue weighted by Gasteiger charge is -2.56. The summed E-state index contributed by atoms with van der Waals surface area (Å²) < 4.78 is 7.44. The summed E-state index contributed by atoms with van der Waals surface area (Å²) in [7, 11) is 1.61. The molecule has 8 rings (SSSR count). The number of methoxy groups -OCH3 is 1. The van der Waals surface area contributed by atoms with Crippen molar-refractivity contribution in [3.05, 3.63) is 54.5 Å². The van der Waals surface area contributed by atoms with Crippen molar-refractivity contribution in [3.8, 4) is 28.3 Å². The Morgan fingerprint density at radius 3 is 2.46 bits per heavy atom. The standard InChI is InChI=1S/C29H31N5O/c1-18-3-6-25(28(31-18)23-5-4-22-11-27(35-2)33-32-26(22)10-23)24-15-30-34(16-24)17-29-12-19-7-20(13-29)9-21(8-19)14-29/h3-6,10-11,15-16,19-21H,7-9,12-14,17H2,1-2H3. The van der Waals surface area contributed by atoms with Gasteiger partial charge in [-0.15, -0.1) is 10.2 Å². The van der Waals surface area contributed by atoms with Gasteiger partial charge in [0, 0.05) is 46.6 Å². The second-order valence-corrected chi connectivity index (χ2v) is 11.4. The van der Waals surface area contributed by atoms with Crippen molar-refractivity contribution in [1.29, 1.82) is 0 Å². The summed E-state index contributed by atoms with van der Waals surface area (Å²) in [6.45, 7) is 3.09. The van der Waals surface area contributed by atoms with Crippen molar-refractivity contribution < 1.29 is 4.74 Å². The van der Waals surface area contributed by atoms with Gasteiger partial charge in [-0.1, -0.05) is 18.2 Å². The van der Waals surface area contributed by atoms with Crippen molar-refractivity contribution in [1.82, 2.24) is 25.0 Å². The third-order valence-corrected chi connectivity index (χ3v) is 8.69. The number of rotatable bonds is 5. The van der Waals surface area contributed by atoms with Crippen molar-refractivity contribution >= 4 is 10.9 Å². The van der Waals surface area contributed by atoms with Gasteiger partial charge in [-0.3, -0.25) is 9.67 Å². The second-order valence-electron chi connectivity index (χ2n) is 11.4. The molecule has 0 amide bonds. The average Bonchev–Trinajstić information content (AvgIpc) is 3.30. The largest absolute Gasteiger partial charge is 0.480 e. The Morgan fingerprint density at radius 1 is 0.943 bits per heavy atom. The van der Waals surface area contributed by atoms with Crippen LogP contribution < -0.4 is 4.74 Å². The number of benzene rings is 1. The highest BCUT2D eigenvalue weighted by molar-refractivity contribution is 5.88. The third kappa shape index (κ3) is 3.70. The molecule has 0 spiro atoms. The maximum atomic E-state index is 5.22. The molecular formula is C29H31N5O. The maximum absolute atomic E-state index is 5.22. The topological polar surface area (TPSA) is 65.7 Å². The first-order valence-electron chi connectivity index (χ1n) is 12.9. The molecule has 3 aromatic heterocycles. The van der Waals surface area contributed by atoms with Crippen LogP contribution in [0.5, 0.6) is 5.88 Å². The quantitative estimate of drug-likeness (QED) is 0.357. The zero-order valence-electron chi connectivity index (χ0n) is 20.4. The molecule has 4 fully saturated rings. The molecule has 4 saturated carbocycles. The number of aryl methyl sites for hydroxylation is 1. The number of nitrogens with zero attached hydrogens (tertiary/aromatic N) is 5. The number of aromatic nitrogens is 5. The van der Waals surface area contributed by atoms with Gasteiger partial charge in [0.1, 0.15) is 0 Å². The van der Waals surface area contributed by atoms with Crippen LogP contribution in [-0.4, -0.2) is 32.1 Å². The molecule has 0 radical (unpaired) electrons.